The Morgan fingerprint density at radius 1 is 1.61 bits per heavy atom. The Balaban J connectivity index is 2.52. The van der Waals surface area contributed by atoms with Gasteiger partial charge in [0.1, 0.15) is 5.69 Å². The number of aliphatic hydroxyl groups excluding tert-OH is 1. The minimum Gasteiger partial charge on any atom is -0.396 e. The first kappa shape index (κ1) is 14.5. The average molecular weight is 254 g/mol. The van der Waals surface area contributed by atoms with Crippen molar-refractivity contribution in [2.24, 2.45) is 12.5 Å². The largest absolute Gasteiger partial charge is 0.396 e. The van der Waals surface area contributed by atoms with E-state index < -0.39 is 6.10 Å². The Hall–Kier alpha value is -1.56. The van der Waals surface area contributed by atoms with Crippen LogP contribution in [0.5, 0.6) is 0 Å². The van der Waals surface area contributed by atoms with Gasteiger partial charge in [-0.2, -0.15) is 5.10 Å². The molecule has 1 atom stereocenters. The van der Waals surface area contributed by atoms with Gasteiger partial charge in [0.2, 0.25) is 0 Å². The smallest absolute Gasteiger partial charge is 0.271 e. The number of nitrogens with one attached hydrogen (secondary N) is 1. The molecule has 0 aliphatic heterocycles. The minimum absolute atomic E-state index is 0.0235. The highest BCUT2D eigenvalue weighted by Crippen LogP contribution is 2.20. The highest BCUT2D eigenvalue weighted by Gasteiger charge is 2.19. The molecule has 102 valence electrons. The van der Waals surface area contributed by atoms with Crippen molar-refractivity contribution >= 4 is 11.6 Å². The summed E-state index contributed by atoms with van der Waals surface area (Å²) in [6.07, 6.45) is 1.48. The Bertz CT molecular complexity index is 401. The lowest BCUT2D eigenvalue weighted by atomic mass is 9.89. The predicted molar refractivity (Wildman–Crippen MR) is 70.0 cm³/mol. The van der Waals surface area contributed by atoms with Crippen molar-refractivity contribution in [3.8, 4) is 0 Å². The molecule has 0 saturated heterocycles. The number of aliphatic hydroxyl groups is 1. The Morgan fingerprint density at radius 2 is 2.22 bits per heavy atom. The topological polar surface area (TPSA) is 93.2 Å². The third-order valence-corrected chi connectivity index (χ3v) is 2.53. The molecule has 0 fully saturated rings. The van der Waals surface area contributed by atoms with Gasteiger partial charge in [-0.15, -0.1) is 0 Å². The first-order valence-corrected chi connectivity index (χ1v) is 5.94. The van der Waals surface area contributed by atoms with Crippen LogP contribution in [0.25, 0.3) is 0 Å². The molecule has 1 aromatic rings. The van der Waals surface area contributed by atoms with Crippen molar-refractivity contribution in [2.75, 3.05) is 12.3 Å². The van der Waals surface area contributed by atoms with Crippen LogP contribution in [0.15, 0.2) is 6.20 Å². The molecule has 0 radical (unpaired) electrons. The summed E-state index contributed by atoms with van der Waals surface area (Å²) in [5.41, 5.74) is 6.32. The van der Waals surface area contributed by atoms with Gasteiger partial charge < -0.3 is 16.2 Å². The summed E-state index contributed by atoms with van der Waals surface area (Å²) in [5.74, 6) is -0.319. The summed E-state index contributed by atoms with van der Waals surface area (Å²) >= 11 is 0. The molecule has 1 aromatic heterocycles. The van der Waals surface area contributed by atoms with Gasteiger partial charge in [0.15, 0.2) is 0 Å². The second kappa shape index (κ2) is 5.39. The molecular formula is C12H22N4O2. The first-order valence-electron chi connectivity index (χ1n) is 5.94. The first-order chi connectivity index (χ1) is 8.20. The lowest BCUT2D eigenvalue weighted by Gasteiger charge is -2.22. The van der Waals surface area contributed by atoms with E-state index in [2.05, 4.69) is 10.4 Å². The van der Waals surface area contributed by atoms with Gasteiger partial charge in [-0.25, -0.2) is 0 Å². The van der Waals surface area contributed by atoms with Crippen molar-refractivity contribution < 1.29 is 9.90 Å². The number of rotatable bonds is 4. The van der Waals surface area contributed by atoms with Crippen molar-refractivity contribution in [2.45, 2.75) is 33.3 Å². The SMILES string of the molecule is Cn1ncc(N)c1C(=O)NCC(O)CC(C)(C)C. The quantitative estimate of drug-likeness (QED) is 0.730. The molecule has 0 bridgehead atoms. The number of hydrogen-bond donors (Lipinski definition) is 3. The van der Waals surface area contributed by atoms with Gasteiger partial charge in [0, 0.05) is 13.6 Å². The maximum atomic E-state index is 11.9. The van der Waals surface area contributed by atoms with Crippen molar-refractivity contribution in [3.63, 3.8) is 0 Å². The third-order valence-electron chi connectivity index (χ3n) is 2.53. The molecule has 0 aliphatic rings. The van der Waals surface area contributed by atoms with Crippen LogP contribution < -0.4 is 11.1 Å². The Labute approximate surface area is 107 Å². The highest BCUT2D eigenvalue weighted by molar-refractivity contribution is 5.97. The van der Waals surface area contributed by atoms with Gasteiger partial charge in [-0.3, -0.25) is 9.48 Å². The molecular weight excluding hydrogens is 232 g/mol. The zero-order chi connectivity index (χ0) is 13.9. The van der Waals surface area contributed by atoms with Gasteiger partial charge >= 0.3 is 0 Å². The van der Waals surface area contributed by atoms with Crippen LogP contribution in [0.1, 0.15) is 37.7 Å². The summed E-state index contributed by atoms with van der Waals surface area (Å²) in [7, 11) is 1.65. The molecule has 4 N–H and O–H groups in total. The zero-order valence-corrected chi connectivity index (χ0v) is 11.4. The number of nitrogens with zero attached hydrogens (tertiary/aromatic N) is 2. The number of anilines is 1. The third kappa shape index (κ3) is 4.03. The predicted octanol–water partition coefficient (Wildman–Crippen LogP) is 0.529. The van der Waals surface area contributed by atoms with E-state index in [9.17, 15) is 9.90 Å². The normalized spacial score (nSPS) is 13.4. The second-order valence-electron chi connectivity index (χ2n) is 5.70. The lowest BCUT2D eigenvalue weighted by molar-refractivity contribution is 0.0861. The fourth-order valence-electron chi connectivity index (χ4n) is 1.81. The second-order valence-corrected chi connectivity index (χ2v) is 5.70. The molecule has 1 heterocycles. The summed E-state index contributed by atoms with van der Waals surface area (Å²) in [6, 6.07) is 0. The molecule has 0 aromatic carbocycles. The molecule has 0 aliphatic carbocycles. The van der Waals surface area contributed by atoms with E-state index in [0.717, 1.165) is 0 Å². The maximum Gasteiger partial charge on any atom is 0.271 e. The van der Waals surface area contributed by atoms with Crippen LogP contribution in [-0.2, 0) is 7.05 Å². The van der Waals surface area contributed by atoms with Crippen molar-refractivity contribution in [1.82, 2.24) is 15.1 Å². The van der Waals surface area contributed by atoms with Crippen LogP contribution in [0, 0.1) is 5.41 Å². The van der Waals surface area contributed by atoms with E-state index >= 15 is 0 Å². The van der Waals surface area contributed by atoms with Crippen LogP contribution in [0.4, 0.5) is 5.69 Å². The van der Waals surface area contributed by atoms with E-state index in [0.29, 0.717) is 17.8 Å². The van der Waals surface area contributed by atoms with E-state index in [-0.39, 0.29) is 17.9 Å². The average Bonchev–Trinajstić information content (AvgIpc) is 2.53. The maximum absolute atomic E-state index is 11.9. The Morgan fingerprint density at radius 3 is 2.67 bits per heavy atom. The number of carbonyl (C=O) groups excluding carboxylic acids is 1. The molecule has 1 rings (SSSR count). The number of carbonyl (C=O) groups is 1. The number of nitrogen functional groups attached to an aromatic ring is 1. The molecule has 0 spiro atoms. The summed E-state index contributed by atoms with van der Waals surface area (Å²) in [6.45, 7) is 6.33. The highest BCUT2D eigenvalue weighted by atomic mass is 16.3. The molecule has 0 saturated carbocycles. The summed E-state index contributed by atoms with van der Waals surface area (Å²) < 4.78 is 1.42. The molecule has 6 nitrogen and oxygen atoms in total. The van der Waals surface area contributed by atoms with Crippen LogP contribution in [0.2, 0.25) is 0 Å². The molecule has 1 amide bonds. The minimum atomic E-state index is -0.566. The van der Waals surface area contributed by atoms with Crippen molar-refractivity contribution in [1.29, 1.82) is 0 Å². The van der Waals surface area contributed by atoms with E-state index in [1.165, 1.54) is 10.9 Å². The lowest BCUT2D eigenvalue weighted by Crippen LogP contribution is -2.35. The number of nitrogens with two attached hydrogens (primary N) is 1. The molecule has 1 unspecified atom stereocenters. The summed E-state index contributed by atoms with van der Waals surface area (Å²) in [5, 5.41) is 16.4. The van der Waals surface area contributed by atoms with Crippen LogP contribution in [-0.4, -0.2) is 33.4 Å². The summed E-state index contributed by atoms with van der Waals surface area (Å²) in [4.78, 5) is 11.9. The molecule has 6 heteroatoms. The van der Waals surface area contributed by atoms with Gasteiger partial charge in [-0.1, -0.05) is 20.8 Å². The number of aryl methyl sites for hydroxylation is 1. The van der Waals surface area contributed by atoms with E-state index in [1.807, 2.05) is 20.8 Å². The number of hydrogen-bond acceptors (Lipinski definition) is 4. The van der Waals surface area contributed by atoms with Crippen LogP contribution in [0.3, 0.4) is 0 Å². The van der Waals surface area contributed by atoms with Gasteiger partial charge in [-0.05, 0) is 11.8 Å². The molecule has 18 heavy (non-hydrogen) atoms. The van der Waals surface area contributed by atoms with Crippen molar-refractivity contribution in [3.05, 3.63) is 11.9 Å². The Kier molecular flexibility index (Phi) is 4.34. The fraction of sp³-hybridized carbons (Fsp3) is 0.667. The number of amides is 1. The monoisotopic (exact) mass is 254 g/mol. The van der Waals surface area contributed by atoms with E-state index in [4.69, 9.17) is 5.73 Å². The fourth-order valence-corrected chi connectivity index (χ4v) is 1.81. The number of aromatic nitrogens is 2. The van der Waals surface area contributed by atoms with Gasteiger partial charge in [0.05, 0.1) is 18.0 Å². The zero-order valence-electron chi connectivity index (χ0n) is 11.4. The van der Waals surface area contributed by atoms with E-state index in [1.54, 1.807) is 7.05 Å². The van der Waals surface area contributed by atoms with Gasteiger partial charge in [0.25, 0.3) is 5.91 Å². The standard InChI is InChI=1S/C12H22N4O2/c1-12(2,3)5-8(17)6-14-11(18)10-9(13)7-15-16(10)4/h7-8,17H,5-6,13H2,1-4H3,(H,14,18). The van der Waals surface area contributed by atoms with Crippen LogP contribution >= 0.6 is 0 Å².